The van der Waals surface area contributed by atoms with Crippen LogP contribution in [0.2, 0.25) is 0 Å². The predicted octanol–water partition coefficient (Wildman–Crippen LogP) is 4.04. The molecule has 6 heteroatoms. The van der Waals surface area contributed by atoms with Crippen LogP contribution in [0.4, 0.5) is 9.52 Å². The molecule has 1 aromatic carbocycles. The Bertz CT molecular complexity index is 714. The summed E-state index contributed by atoms with van der Waals surface area (Å²) in [7, 11) is 0. The van der Waals surface area contributed by atoms with Crippen LogP contribution in [-0.4, -0.2) is 16.1 Å². The number of rotatable bonds is 3. The average Bonchev–Trinajstić information content (AvgIpc) is 2.88. The molecule has 1 heterocycles. The Kier molecular flexibility index (Phi) is 3.96. The van der Waals surface area contributed by atoms with Crippen LogP contribution < -0.4 is 5.32 Å². The lowest BCUT2D eigenvalue weighted by molar-refractivity contribution is -0.124. The zero-order valence-electron chi connectivity index (χ0n) is 13.5. The monoisotopic (exact) mass is 333 g/mol. The molecule has 122 valence electrons. The first kappa shape index (κ1) is 16.1. The van der Waals surface area contributed by atoms with Crippen molar-refractivity contribution < 1.29 is 9.18 Å². The van der Waals surface area contributed by atoms with Crippen molar-refractivity contribution in [1.29, 1.82) is 0 Å². The number of nitrogens with zero attached hydrogens (tertiary/aromatic N) is 2. The summed E-state index contributed by atoms with van der Waals surface area (Å²) in [6, 6.07) is 6.22. The van der Waals surface area contributed by atoms with Gasteiger partial charge in [-0.25, -0.2) is 4.39 Å². The summed E-state index contributed by atoms with van der Waals surface area (Å²) in [4.78, 5) is 12.8. The van der Waals surface area contributed by atoms with Crippen molar-refractivity contribution in [2.45, 2.75) is 50.9 Å². The van der Waals surface area contributed by atoms with Crippen molar-refractivity contribution in [3.05, 3.63) is 40.7 Å². The van der Waals surface area contributed by atoms with E-state index in [4.69, 9.17) is 0 Å². The van der Waals surface area contributed by atoms with E-state index >= 15 is 0 Å². The summed E-state index contributed by atoms with van der Waals surface area (Å²) in [5, 5.41) is 12.5. The van der Waals surface area contributed by atoms with Gasteiger partial charge in [0, 0.05) is 5.41 Å². The third-order valence-electron chi connectivity index (χ3n) is 4.33. The molecule has 23 heavy (non-hydrogen) atoms. The van der Waals surface area contributed by atoms with Crippen molar-refractivity contribution in [2.24, 2.45) is 0 Å². The Hall–Kier alpha value is -1.82. The Morgan fingerprint density at radius 2 is 1.87 bits per heavy atom. The molecule has 0 radical (unpaired) electrons. The largest absolute Gasteiger partial charge is 0.300 e. The lowest BCUT2D eigenvalue weighted by atomic mass is 9.64. The van der Waals surface area contributed by atoms with E-state index in [0.717, 1.165) is 29.8 Å². The molecule has 1 N–H and O–H groups in total. The maximum absolute atomic E-state index is 13.1. The van der Waals surface area contributed by atoms with Gasteiger partial charge in [-0.3, -0.25) is 10.1 Å². The molecule has 0 saturated heterocycles. The molecule has 1 aliphatic carbocycles. The lowest BCUT2D eigenvalue weighted by Crippen LogP contribution is -2.46. The quantitative estimate of drug-likeness (QED) is 0.922. The van der Waals surface area contributed by atoms with Crippen molar-refractivity contribution >= 4 is 22.4 Å². The molecule has 0 bridgehead atoms. The Morgan fingerprint density at radius 3 is 2.35 bits per heavy atom. The Labute approximate surface area is 139 Å². The van der Waals surface area contributed by atoms with E-state index in [1.54, 1.807) is 12.1 Å². The van der Waals surface area contributed by atoms with Crippen LogP contribution in [0.25, 0.3) is 0 Å². The minimum Gasteiger partial charge on any atom is -0.300 e. The smallest absolute Gasteiger partial charge is 0.236 e. The number of carbonyl (C=O) groups excluding carboxylic acids is 1. The van der Waals surface area contributed by atoms with Gasteiger partial charge in [-0.05, 0) is 30.5 Å². The number of nitrogens with one attached hydrogen (secondary N) is 1. The number of benzene rings is 1. The van der Waals surface area contributed by atoms with Crippen LogP contribution >= 0.6 is 11.3 Å². The molecule has 2 aromatic rings. The first-order valence-corrected chi connectivity index (χ1v) is 8.54. The highest BCUT2D eigenvalue weighted by Gasteiger charge is 2.46. The second-order valence-corrected chi connectivity index (χ2v) is 8.04. The normalized spacial score (nSPS) is 16.7. The van der Waals surface area contributed by atoms with Crippen LogP contribution in [0.15, 0.2) is 24.3 Å². The van der Waals surface area contributed by atoms with Crippen LogP contribution in [0.5, 0.6) is 0 Å². The second-order valence-electron chi connectivity index (χ2n) is 7.06. The molecule has 1 aliphatic rings. The summed E-state index contributed by atoms with van der Waals surface area (Å²) in [5.41, 5.74) is 0.204. The van der Waals surface area contributed by atoms with Crippen molar-refractivity contribution in [2.75, 3.05) is 5.32 Å². The van der Waals surface area contributed by atoms with Gasteiger partial charge < -0.3 is 0 Å². The van der Waals surface area contributed by atoms with Gasteiger partial charge in [0.05, 0.1) is 5.41 Å². The fourth-order valence-electron chi connectivity index (χ4n) is 2.74. The van der Waals surface area contributed by atoms with E-state index in [0.29, 0.717) is 5.13 Å². The highest BCUT2D eigenvalue weighted by atomic mass is 32.1. The highest BCUT2D eigenvalue weighted by Crippen LogP contribution is 2.44. The number of hydrogen-bond acceptors (Lipinski definition) is 4. The third kappa shape index (κ3) is 3.00. The molecule has 1 aromatic heterocycles. The number of hydrogen-bond donors (Lipinski definition) is 1. The summed E-state index contributed by atoms with van der Waals surface area (Å²) >= 11 is 1.40. The van der Waals surface area contributed by atoms with Gasteiger partial charge in [-0.2, -0.15) is 0 Å². The molecule has 1 fully saturated rings. The minimum atomic E-state index is -0.568. The maximum Gasteiger partial charge on any atom is 0.236 e. The number of anilines is 1. The minimum absolute atomic E-state index is 0.0769. The van der Waals surface area contributed by atoms with Crippen LogP contribution in [0, 0.1) is 5.82 Å². The van der Waals surface area contributed by atoms with E-state index in [1.807, 2.05) is 0 Å². The molecule has 0 unspecified atom stereocenters. The average molecular weight is 333 g/mol. The van der Waals surface area contributed by atoms with Crippen molar-refractivity contribution in [3.8, 4) is 0 Å². The SMILES string of the molecule is CC(C)(C)c1nnc(NC(=O)C2(c3ccc(F)cc3)CCC2)s1. The van der Waals surface area contributed by atoms with Gasteiger partial charge in [-0.15, -0.1) is 10.2 Å². The van der Waals surface area contributed by atoms with E-state index in [9.17, 15) is 9.18 Å². The van der Waals surface area contributed by atoms with E-state index in [1.165, 1.54) is 23.5 Å². The molecule has 3 rings (SSSR count). The van der Waals surface area contributed by atoms with E-state index < -0.39 is 5.41 Å². The fraction of sp³-hybridized carbons (Fsp3) is 0.471. The topological polar surface area (TPSA) is 54.9 Å². The number of aromatic nitrogens is 2. The molecule has 0 aliphatic heterocycles. The predicted molar refractivity (Wildman–Crippen MR) is 89.2 cm³/mol. The van der Waals surface area contributed by atoms with Gasteiger partial charge >= 0.3 is 0 Å². The zero-order valence-corrected chi connectivity index (χ0v) is 14.3. The Morgan fingerprint density at radius 1 is 1.22 bits per heavy atom. The van der Waals surface area contributed by atoms with Gasteiger partial charge in [-0.1, -0.05) is 50.7 Å². The molecule has 4 nitrogen and oxygen atoms in total. The summed E-state index contributed by atoms with van der Waals surface area (Å²) in [6.45, 7) is 6.18. The zero-order chi connectivity index (χ0) is 16.7. The number of halogens is 1. The third-order valence-corrected chi connectivity index (χ3v) is 5.59. The van der Waals surface area contributed by atoms with Gasteiger partial charge in [0.1, 0.15) is 10.8 Å². The number of amides is 1. The summed E-state index contributed by atoms with van der Waals surface area (Å²) < 4.78 is 13.1. The summed E-state index contributed by atoms with van der Waals surface area (Å²) in [6.07, 6.45) is 2.54. The molecule has 0 spiro atoms. The lowest BCUT2D eigenvalue weighted by Gasteiger charge is -2.40. The van der Waals surface area contributed by atoms with Crippen LogP contribution in [0.3, 0.4) is 0 Å². The summed E-state index contributed by atoms with van der Waals surface area (Å²) in [5.74, 6) is -0.366. The van der Waals surface area contributed by atoms with Gasteiger partial charge in [0.2, 0.25) is 11.0 Å². The highest BCUT2D eigenvalue weighted by molar-refractivity contribution is 7.15. The Balaban J connectivity index is 1.81. The van der Waals surface area contributed by atoms with Crippen LogP contribution in [-0.2, 0) is 15.6 Å². The first-order chi connectivity index (χ1) is 10.8. The van der Waals surface area contributed by atoms with E-state index in [-0.39, 0.29) is 17.1 Å². The fourth-order valence-corrected chi connectivity index (χ4v) is 3.54. The van der Waals surface area contributed by atoms with Crippen LogP contribution in [0.1, 0.15) is 50.6 Å². The van der Waals surface area contributed by atoms with E-state index in [2.05, 4.69) is 36.3 Å². The van der Waals surface area contributed by atoms with Crippen molar-refractivity contribution in [1.82, 2.24) is 10.2 Å². The standard InChI is InChI=1S/C17H20FN3OS/c1-16(2,3)14-20-21-15(23-14)19-13(22)17(9-4-10-17)11-5-7-12(18)8-6-11/h5-8H,4,9-10H2,1-3H3,(H,19,21,22). The van der Waals surface area contributed by atoms with Crippen molar-refractivity contribution in [3.63, 3.8) is 0 Å². The molecular formula is C17H20FN3OS. The van der Waals surface area contributed by atoms with Gasteiger partial charge in [0.15, 0.2) is 0 Å². The molecule has 1 amide bonds. The maximum atomic E-state index is 13.1. The molecule has 0 atom stereocenters. The molecule has 1 saturated carbocycles. The second kappa shape index (κ2) is 5.67. The molecular weight excluding hydrogens is 313 g/mol. The first-order valence-electron chi connectivity index (χ1n) is 7.73. The van der Waals surface area contributed by atoms with Gasteiger partial charge in [0.25, 0.3) is 0 Å². The number of carbonyl (C=O) groups is 1.